The van der Waals surface area contributed by atoms with Crippen molar-refractivity contribution in [1.82, 2.24) is 9.55 Å². The molecule has 4 nitrogen and oxygen atoms in total. The van der Waals surface area contributed by atoms with Gasteiger partial charge < -0.3 is 0 Å². The Bertz CT molecular complexity index is 967. The minimum atomic E-state index is -3.29. The summed E-state index contributed by atoms with van der Waals surface area (Å²) in [4.78, 5) is 4.70. The summed E-state index contributed by atoms with van der Waals surface area (Å²) >= 11 is 4.76. The van der Waals surface area contributed by atoms with Crippen molar-refractivity contribution in [3.05, 3.63) is 71.0 Å². The van der Waals surface area contributed by atoms with E-state index < -0.39 is 9.84 Å². The molecular formula is C18H17BrN2O2S2. The average molecular weight is 437 g/mol. The van der Waals surface area contributed by atoms with Crippen LogP contribution in [0.3, 0.4) is 0 Å². The molecule has 0 bridgehead atoms. The van der Waals surface area contributed by atoms with Gasteiger partial charge in [-0.3, -0.25) is 4.57 Å². The van der Waals surface area contributed by atoms with Gasteiger partial charge in [-0.15, -0.1) is 0 Å². The first kappa shape index (κ1) is 18.2. The van der Waals surface area contributed by atoms with Gasteiger partial charge in [-0.25, -0.2) is 13.4 Å². The maximum Gasteiger partial charge on any atom is 0.179 e. The molecule has 0 aliphatic carbocycles. The minimum absolute atomic E-state index is 0.0694. The van der Waals surface area contributed by atoms with E-state index in [1.807, 2.05) is 35.9 Å². The maximum absolute atomic E-state index is 12.4. The summed E-state index contributed by atoms with van der Waals surface area (Å²) in [6, 6.07) is 14.8. The molecule has 130 valence electrons. The SMILES string of the molecule is Cc1cccc(-n2ccnc2SCCS(=O)(=O)c2ccc(Br)cc2)c1. The second-order valence-corrected chi connectivity index (χ2v) is 9.63. The molecule has 3 aromatic rings. The Kier molecular flexibility index (Phi) is 5.66. The molecule has 0 spiro atoms. The molecule has 0 fully saturated rings. The van der Waals surface area contributed by atoms with Crippen LogP contribution in [0.15, 0.2) is 75.4 Å². The highest BCUT2D eigenvalue weighted by atomic mass is 79.9. The Morgan fingerprint density at radius 3 is 2.64 bits per heavy atom. The maximum atomic E-state index is 12.4. The molecule has 0 saturated carbocycles. The number of halogens is 1. The summed E-state index contributed by atoms with van der Waals surface area (Å²) in [6.07, 6.45) is 3.62. The Morgan fingerprint density at radius 2 is 1.92 bits per heavy atom. The van der Waals surface area contributed by atoms with Crippen molar-refractivity contribution in [3.63, 3.8) is 0 Å². The fraction of sp³-hybridized carbons (Fsp3) is 0.167. The van der Waals surface area contributed by atoms with Crippen molar-refractivity contribution in [2.75, 3.05) is 11.5 Å². The Hall–Kier alpha value is -1.57. The largest absolute Gasteiger partial charge is 0.295 e. The van der Waals surface area contributed by atoms with Gasteiger partial charge in [0.2, 0.25) is 0 Å². The van der Waals surface area contributed by atoms with E-state index in [0.29, 0.717) is 10.6 Å². The number of imidazole rings is 1. The van der Waals surface area contributed by atoms with Crippen LogP contribution in [0.4, 0.5) is 0 Å². The molecule has 0 atom stereocenters. The first-order chi connectivity index (χ1) is 12.0. The summed E-state index contributed by atoms with van der Waals surface area (Å²) in [5.74, 6) is 0.515. The molecule has 1 aromatic heterocycles. The van der Waals surface area contributed by atoms with Crippen LogP contribution in [0.25, 0.3) is 5.69 Å². The van der Waals surface area contributed by atoms with Crippen molar-refractivity contribution in [2.45, 2.75) is 17.0 Å². The van der Waals surface area contributed by atoms with Crippen LogP contribution in [0, 0.1) is 6.92 Å². The topological polar surface area (TPSA) is 52.0 Å². The van der Waals surface area contributed by atoms with Crippen molar-refractivity contribution in [2.24, 2.45) is 0 Å². The summed E-state index contributed by atoms with van der Waals surface area (Å²) < 4.78 is 27.7. The molecular weight excluding hydrogens is 420 g/mol. The molecule has 0 N–H and O–H groups in total. The third-order valence-electron chi connectivity index (χ3n) is 3.64. The van der Waals surface area contributed by atoms with Crippen molar-refractivity contribution in [1.29, 1.82) is 0 Å². The number of aromatic nitrogens is 2. The molecule has 3 rings (SSSR count). The quantitative estimate of drug-likeness (QED) is 0.533. The van der Waals surface area contributed by atoms with Gasteiger partial charge >= 0.3 is 0 Å². The first-order valence-electron chi connectivity index (χ1n) is 7.67. The molecule has 0 saturated heterocycles. The van der Waals surface area contributed by atoms with Crippen LogP contribution < -0.4 is 0 Å². The van der Waals surface area contributed by atoms with Crippen LogP contribution in [0.1, 0.15) is 5.56 Å². The lowest BCUT2D eigenvalue weighted by atomic mass is 10.2. The summed E-state index contributed by atoms with van der Waals surface area (Å²) in [5.41, 5.74) is 2.19. The molecule has 0 aliphatic heterocycles. The third kappa shape index (κ3) is 4.54. The van der Waals surface area contributed by atoms with Crippen LogP contribution in [0.2, 0.25) is 0 Å². The lowest BCUT2D eigenvalue weighted by molar-refractivity contribution is 0.597. The van der Waals surface area contributed by atoms with E-state index in [1.54, 1.807) is 30.5 Å². The summed E-state index contributed by atoms with van der Waals surface area (Å²) in [6.45, 7) is 2.04. The predicted octanol–water partition coefficient (Wildman–Crippen LogP) is 4.51. The molecule has 25 heavy (non-hydrogen) atoms. The molecule has 0 aliphatic rings. The Morgan fingerprint density at radius 1 is 1.16 bits per heavy atom. The van der Waals surface area contributed by atoms with Gasteiger partial charge in [0, 0.05) is 28.3 Å². The van der Waals surface area contributed by atoms with Crippen LogP contribution >= 0.6 is 27.7 Å². The third-order valence-corrected chi connectivity index (χ3v) is 7.13. The van der Waals surface area contributed by atoms with E-state index in [1.165, 1.54) is 17.3 Å². The van der Waals surface area contributed by atoms with Gasteiger partial charge in [0.25, 0.3) is 0 Å². The number of hydrogen-bond acceptors (Lipinski definition) is 4. The first-order valence-corrected chi connectivity index (χ1v) is 11.1. The molecule has 1 heterocycles. The van der Waals surface area contributed by atoms with Gasteiger partial charge in [0.1, 0.15) is 0 Å². The zero-order valence-corrected chi connectivity index (χ0v) is 16.8. The lowest BCUT2D eigenvalue weighted by Gasteiger charge is -2.08. The summed E-state index contributed by atoms with van der Waals surface area (Å²) in [7, 11) is -3.29. The van der Waals surface area contributed by atoms with E-state index in [2.05, 4.69) is 27.0 Å². The fourth-order valence-electron chi connectivity index (χ4n) is 2.37. The number of thioether (sulfide) groups is 1. The number of aryl methyl sites for hydroxylation is 1. The standard InChI is InChI=1S/C18H17BrN2O2S2/c1-14-3-2-4-16(13-14)21-10-9-20-18(21)24-11-12-25(22,23)17-7-5-15(19)6-8-17/h2-10,13H,11-12H2,1H3. The number of hydrogen-bond donors (Lipinski definition) is 0. The highest BCUT2D eigenvalue weighted by Gasteiger charge is 2.15. The highest BCUT2D eigenvalue weighted by Crippen LogP contribution is 2.23. The molecule has 0 unspecified atom stereocenters. The van der Waals surface area contributed by atoms with Gasteiger partial charge in [-0.1, -0.05) is 39.8 Å². The zero-order chi connectivity index (χ0) is 17.9. The Labute approximate surface area is 160 Å². The van der Waals surface area contributed by atoms with Gasteiger partial charge in [-0.05, 0) is 48.9 Å². The predicted molar refractivity (Wildman–Crippen MR) is 105 cm³/mol. The van der Waals surface area contributed by atoms with Gasteiger partial charge in [-0.2, -0.15) is 0 Å². The highest BCUT2D eigenvalue weighted by molar-refractivity contribution is 9.10. The molecule has 0 amide bonds. The van der Waals surface area contributed by atoms with E-state index >= 15 is 0 Å². The monoisotopic (exact) mass is 436 g/mol. The van der Waals surface area contributed by atoms with E-state index in [9.17, 15) is 8.42 Å². The van der Waals surface area contributed by atoms with Gasteiger partial charge in [0.05, 0.1) is 10.6 Å². The number of nitrogens with zero attached hydrogens (tertiary/aromatic N) is 2. The normalized spacial score (nSPS) is 11.6. The van der Waals surface area contributed by atoms with E-state index in [4.69, 9.17) is 0 Å². The second kappa shape index (κ2) is 7.76. The molecule has 0 radical (unpaired) electrons. The van der Waals surface area contributed by atoms with Crippen molar-refractivity contribution < 1.29 is 8.42 Å². The second-order valence-electron chi connectivity index (χ2n) is 5.54. The average Bonchev–Trinajstić information content (AvgIpc) is 3.03. The van der Waals surface area contributed by atoms with Crippen molar-refractivity contribution in [3.8, 4) is 5.69 Å². The number of rotatable bonds is 6. The van der Waals surface area contributed by atoms with E-state index in [0.717, 1.165) is 15.3 Å². The van der Waals surface area contributed by atoms with Crippen LogP contribution in [-0.2, 0) is 9.84 Å². The number of sulfone groups is 1. The van der Waals surface area contributed by atoms with Crippen LogP contribution in [0.5, 0.6) is 0 Å². The van der Waals surface area contributed by atoms with E-state index in [-0.39, 0.29) is 5.75 Å². The zero-order valence-electron chi connectivity index (χ0n) is 13.6. The minimum Gasteiger partial charge on any atom is -0.295 e. The molecule has 2 aromatic carbocycles. The summed E-state index contributed by atoms with van der Waals surface area (Å²) in [5, 5.41) is 0.789. The lowest BCUT2D eigenvalue weighted by Crippen LogP contribution is -2.09. The Balaban J connectivity index is 1.69. The number of benzene rings is 2. The smallest absolute Gasteiger partial charge is 0.179 e. The van der Waals surface area contributed by atoms with Crippen molar-refractivity contribution >= 4 is 37.5 Å². The molecule has 7 heteroatoms. The fourth-order valence-corrected chi connectivity index (χ4v) is 5.26. The van der Waals surface area contributed by atoms with Gasteiger partial charge in [0.15, 0.2) is 15.0 Å². The van der Waals surface area contributed by atoms with Crippen LogP contribution in [-0.4, -0.2) is 29.5 Å².